The van der Waals surface area contributed by atoms with E-state index in [1.807, 2.05) is 7.11 Å². The van der Waals surface area contributed by atoms with Gasteiger partial charge in [0, 0.05) is 19.7 Å². The number of likely N-dealkylation sites (tertiary alicyclic amines) is 1. The highest BCUT2D eigenvalue weighted by molar-refractivity contribution is 4.74. The second kappa shape index (κ2) is 8.04. The van der Waals surface area contributed by atoms with Crippen LogP contribution in [0.15, 0.2) is 0 Å². The van der Waals surface area contributed by atoms with E-state index in [9.17, 15) is 0 Å². The first kappa shape index (κ1) is 13.9. The summed E-state index contributed by atoms with van der Waals surface area (Å²) in [7, 11) is 1.83. The maximum atomic E-state index is 5.44. The summed E-state index contributed by atoms with van der Waals surface area (Å²) in [5, 5.41) is 3.54. The average Bonchev–Trinajstić information content (AvgIpc) is 2.34. The summed E-state index contributed by atoms with van der Waals surface area (Å²) in [6.45, 7) is 9.22. The highest BCUT2D eigenvalue weighted by atomic mass is 16.5. The topological polar surface area (TPSA) is 24.5 Å². The van der Waals surface area contributed by atoms with Crippen molar-refractivity contribution in [2.45, 2.75) is 51.7 Å². The maximum absolute atomic E-state index is 5.44. The summed E-state index contributed by atoms with van der Waals surface area (Å²) in [5.41, 5.74) is 0. The molecule has 0 aromatic carbocycles. The molecule has 96 valence electrons. The Hall–Kier alpha value is -0.120. The molecule has 0 amide bonds. The van der Waals surface area contributed by atoms with Crippen LogP contribution >= 0.6 is 0 Å². The standard InChI is InChI=1S/C13H28N2O/c1-4-8-14-12(2)7-10-15-9-5-6-13(11-15)16-3/h12-14H,4-11H2,1-3H3. The third-order valence-electron chi connectivity index (χ3n) is 3.42. The molecule has 0 saturated carbocycles. The third kappa shape index (κ3) is 5.28. The molecule has 3 nitrogen and oxygen atoms in total. The van der Waals surface area contributed by atoms with Crippen molar-refractivity contribution in [3.8, 4) is 0 Å². The minimum absolute atomic E-state index is 0.465. The lowest BCUT2D eigenvalue weighted by Crippen LogP contribution is -2.41. The van der Waals surface area contributed by atoms with Crippen LogP contribution in [0.1, 0.15) is 39.5 Å². The van der Waals surface area contributed by atoms with Crippen LogP contribution < -0.4 is 5.32 Å². The molecule has 1 saturated heterocycles. The van der Waals surface area contributed by atoms with Crippen LogP contribution in [-0.4, -0.2) is 50.3 Å². The molecule has 1 aliphatic heterocycles. The van der Waals surface area contributed by atoms with E-state index in [1.165, 1.54) is 38.8 Å². The van der Waals surface area contributed by atoms with Gasteiger partial charge in [-0.3, -0.25) is 0 Å². The summed E-state index contributed by atoms with van der Waals surface area (Å²) in [4.78, 5) is 2.54. The van der Waals surface area contributed by atoms with Gasteiger partial charge in [0.05, 0.1) is 6.10 Å². The van der Waals surface area contributed by atoms with Gasteiger partial charge in [0.25, 0.3) is 0 Å². The molecule has 0 aromatic heterocycles. The van der Waals surface area contributed by atoms with Crippen molar-refractivity contribution >= 4 is 0 Å². The number of methoxy groups -OCH3 is 1. The van der Waals surface area contributed by atoms with Crippen molar-refractivity contribution in [2.75, 3.05) is 33.3 Å². The molecule has 3 heteroatoms. The first-order valence-electron chi connectivity index (χ1n) is 6.74. The van der Waals surface area contributed by atoms with E-state index in [-0.39, 0.29) is 0 Å². The smallest absolute Gasteiger partial charge is 0.0698 e. The van der Waals surface area contributed by atoms with E-state index in [2.05, 4.69) is 24.1 Å². The second-order valence-electron chi connectivity index (χ2n) is 4.94. The van der Waals surface area contributed by atoms with Crippen LogP contribution in [0.5, 0.6) is 0 Å². The van der Waals surface area contributed by atoms with Crippen molar-refractivity contribution in [3.63, 3.8) is 0 Å². The van der Waals surface area contributed by atoms with Crippen molar-refractivity contribution in [2.24, 2.45) is 0 Å². The van der Waals surface area contributed by atoms with Crippen LogP contribution in [0.25, 0.3) is 0 Å². The van der Waals surface area contributed by atoms with Gasteiger partial charge in [-0.25, -0.2) is 0 Å². The zero-order valence-corrected chi connectivity index (χ0v) is 11.2. The van der Waals surface area contributed by atoms with Gasteiger partial charge in [-0.05, 0) is 52.2 Å². The van der Waals surface area contributed by atoms with Crippen LogP contribution in [0.4, 0.5) is 0 Å². The third-order valence-corrected chi connectivity index (χ3v) is 3.42. The molecule has 1 rings (SSSR count). The van der Waals surface area contributed by atoms with Crippen LogP contribution in [0.3, 0.4) is 0 Å². The van der Waals surface area contributed by atoms with E-state index < -0.39 is 0 Å². The van der Waals surface area contributed by atoms with Crippen LogP contribution in [-0.2, 0) is 4.74 Å². The lowest BCUT2D eigenvalue weighted by molar-refractivity contribution is 0.0303. The Morgan fingerprint density at radius 2 is 2.31 bits per heavy atom. The zero-order chi connectivity index (χ0) is 11.8. The normalized spacial score (nSPS) is 24.6. The highest BCUT2D eigenvalue weighted by Crippen LogP contribution is 2.12. The Kier molecular flexibility index (Phi) is 7.01. The van der Waals surface area contributed by atoms with Crippen LogP contribution in [0, 0.1) is 0 Å². The van der Waals surface area contributed by atoms with Gasteiger partial charge in [-0.2, -0.15) is 0 Å². The highest BCUT2D eigenvalue weighted by Gasteiger charge is 2.19. The average molecular weight is 228 g/mol. The second-order valence-corrected chi connectivity index (χ2v) is 4.94. The number of piperidine rings is 1. The summed E-state index contributed by atoms with van der Waals surface area (Å²) < 4.78 is 5.44. The number of hydrogen-bond donors (Lipinski definition) is 1. The van der Waals surface area contributed by atoms with Crippen molar-refractivity contribution in [3.05, 3.63) is 0 Å². The first-order valence-corrected chi connectivity index (χ1v) is 6.74. The van der Waals surface area contributed by atoms with Crippen molar-refractivity contribution < 1.29 is 4.74 Å². The SMILES string of the molecule is CCCNC(C)CCN1CCCC(OC)C1. The van der Waals surface area contributed by atoms with E-state index in [4.69, 9.17) is 4.74 Å². The fourth-order valence-corrected chi connectivity index (χ4v) is 2.28. The molecular formula is C13H28N2O. The van der Waals surface area contributed by atoms with E-state index in [0.29, 0.717) is 12.1 Å². The molecule has 16 heavy (non-hydrogen) atoms. The molecule has 1 fully saturated rings. The Balaban J connectivity index is 2.11. The first-order chi connectivity index (χ1) is 7.76. The summed E-state index contributed by atoms with van der Waals surface area (Å²) >= 11 is 0. The van der Waals surface area contributed by atoms with E-state index in [1.54, 1.807) is 0 Å². The predicted octanol–water partition coefficient (Wildman–Crippen LogP) is 1.88. The molecule has 0 radical (unpaired) electrons. The predicted molar refractivity (Wildman–Crippen MR) is 68.8 cm³/mol. The monoisotopic (exact) mass is 228 g/mol. The molecule has 1 N–H and O–H groups in total. The molecule has 2 unspecified atom stereocenters. The molecule has 0 aromatic rings. The zero-order valence-electron chi connectivity index (χ0n) is 11.2. The Morgan fingerprint density at radius 3 is 3.00 bits per heavy atom. The number of ether oxygens (including phenoxy) is 1. The molecule has 0 bridgehead atoms. The summed E-state index contributed by atoms with van der Waals surface area (Å²) in [5.74, 6) is 0. The van der Waals surface area contributed by atoms with Gasteiger partial charge in [-0.1, -0.05) is 6.92 Å². The number of hydrogen-bond acceptors (Lipinski definition) is 3. The van der Waals surface area contributed by atoms with Gasteiger partial charge in [0.1, 0.15) is 0 Å². The van der Waals surface area contributed by atoms with Gasteiger partial charge in [0.2, 0.25) is 0 Å². The van der Waals surface area contributed by atoms with E-state index in [0.717, 1.165) is 13.1 Å². The molecule has 1 heterocycles. The Labute approximate surface area is 101 Å². The number of nitrogens with zero attached hydrogens (tertiary/aromatic N) is 1. The quantitative estimate of drug-likeness (QED) is 0.720. The van der Waals surface area contributed by atoms with Gasteiger partial charge < -0.3 is 15.0 Å². The fraction of sp³-hybridized carbons (Fsp3) is 1.00. The molecule has 0 aliphatic carbocycles. The van der Waals surface area contributed by atoms with Crippen molar-refractivity contribution in [1.29, 1.82) is 0 Å². The summed E-state index contributed by atoms with van der Waals surface area (Å²) in [6.07, 6.45) is 5.45. The maximum Gasteiger partial charge on any atom is 0.0698 e. The molecule has 2 atom stereocenters. The van der Waals surface area contributed by atoms with Gasteiger partial charge in [0.15, 0.2) is 0 Å². The fourth-order valence-electron chi connectivity index (χ4n) is 2.28. The molecule has 0 spiro atoms. The number of rotatable bonds is 7. The Morgan fingerprint density at radius 1 is 1.50 bits per heavy atom. The minimum Gasteiger partial charge on any atom is -0.380 e. The molecule has 1 aliphatic rings. The van der Waals surface area contributed by atoms with Gasteiger partial charge >= 0.3 is 0 Å². The van der Waals surface area contributed by atoms with Gasteiger partial charge in [-0.15, -0.1) is 0 Å². The van der Waals surface area contributed by atoms with Crippen LogP contribution in [0.2, 0.25) is 0 Å². The Bertz CT molecular complexity index is 175. The lowest BCUT2D eigenvalue weighted by atomic mass is 10.1. The van der Waals surface area contributed by atoms with Crippen molar-refractivity contribution in [1.82, 2.24) is 10.2 Å². The molecular weight excluding hydrogens is 200 g/mol. The summed E-state index contributed by atoms with van der Waals surface area (Å²) in [6, 6.07) is 0.642. The number of nitrogens with one attached hydrogen (secondary N) is 1. The van der Waals surface area contributed by atoms with E-state index >= 15 is 0 Å². The minimum atomic E-state index is 0.465. The lowest BCUT2D eigenvalue weighted by Gasteiger charge is -2.32. The largest absolute Gasteiger partial charge is 0.380 e.